The van der Waals surface area contributed by atoms with Crippen LogP contribution in [0.15, 0.2) is 23.6 Å². The van der Waals surface area contributed by atoms with Crippen molar-refractivity contribution < 1.29 is 68.7 Å². The molecule has 0 bridgehead atoms. The Morgan fingerprint density at radius 2 is 1.62 bits per heavy atom. The van der Waals surface area contributed by atoms with E-state index in [4.69, 9.17) is 25.8 Å². The van der Waals surface area contributed by atoms with Crippen LogP contribution in [0.4, 0.5) is 4.39 Å². The number of carbonyl (C=O) groups excluding carboxylic acids is 3. The number of aliphatic hydroxyl groups excluding tert-OH is 4. The van der Waals surface area contributed by atoms with Gasteiger partial charge in [-0.05, 0) is 123 Å². The van der Waals surface area contributed by atoms with Gasteiger partial charge in [0, 0.05) is 61.3 Å². The quantitative estimate of drug-likeness (QED) is 0.0933. The van der Waals surface area contributed by atoms with Crippen molar-refractivity contribution in [2.24, 2.45) is 46.3 Å². The number of aliphatic hydroxyl groups is 7. The highest BCUT2D eigenvalue weighted by Gasteiger charge is 2.75. The number of ether oxygens (including phenoxy) is 3. The van der Waals surface area contributed by atoms with Crippen molar-refractivity contribution >= 4 is 29.3 Å². The number of carbonyl (C=O) groups is 3. The van der Waals surface area contributed by atoms with Gasteiger partial charge in [-0.25, -0.2) is 4.39 Å². The van der Waals surface area contributed by atoms with E-state index in [1.807, 2.05) is 37.7 Å². The first-order valence-electron chi connectivity index (χ1n) is 26.1. The topological polar surface area (TPSA) is 239 Å². The second-order valence-corrected chi connectivity index (χ2v) is 24.7. The first-order valence-corrected chi connectivity index (χ1v) is 26.5. The molecule has 0 aromatic carbocycles. The number of nitrogens with zero attached hydrogens (tertiary/aromatic N) is 2. The molecule has 2 unspecified atom stereocenters. The van der Waals surface area contributed by atoms with Crippen LogP contribution in [-0.2, 0) is 28.6 Å². The molecule has 0 aromatic rings. The highest BCUT2D eigenvalue weighted by Crippen LogP contribution is 2.71. The molecule has 6 rings (SSSR count). The van der Waals surface area contributed by atoms with Gasteiger partial charge < -0.3 is 60.2 Å². The van der Waals surface area contributed by atoms with Crippen LogP contribution in [0.25, 0.3) is 0 Å². The van der Waals surface area contributed by atoms with Crippen LogP contribution in [0.2, 0.25) is 0 Å². The van der Waals surface area contributed by atoms with Gasteiger partial charge in [0.25, 0.3) is 5.91 Å². The average molecular weight is 1030 g/mol. The summed E-state index contributed by atoms with van der Waals surface area (Å²) in [7, 11) is 3.69. The lowest BCUT2D eigenvalue weighted by Crippen LogP contribution is -2.69. The van der Waals surface area contributed by atoms with Crippen LogP contribution >= 0.6 is 11.6 Å². The number of halogens is 2. The Morgan fingerprint density at radius 3 is 2.24 bits per heavy atom. The lowest BCUT2D eigenvalue weighted by Gasteiger charge is -2.63. The zero-order chi connectivity index (χ0) is 53.3. The monoisotopic (exact) mass is 1030 g/mol. The number of ketones is 1. The highest BCUT2D eigenvalue weighted by atomic mass is 35.5. The van der Waals surface area contributed by atoms with Gasteiger partial charge in [-0.2, -0.15) is 0 Å². The summed E-state index contributed by atoms with van der Waals surface area (Å²) in [5.41, 5.74) is -7.72. The maximum atomic E-state index is 16.1. The minimum Gasteiger partial charge on any atom is -0.459 e. The van der Waals surface area contributed by atoms with E-state index in [1.165, 1.54) is 19.9 Å². The summed E-state index contributed by atoms with van der Waals surface area (Å²) < 4.78 is 34.7. The summed E-state index contributed by atoms with van der Waals surface area (Å²) in [5.74, 6) is -6.27. The van der Waals surface area contributed by atoms with Crippen LogP contribution in [-0.4, -0.2) is 180 Å². The van der Waals surface area contributed by atoms with Gasteiger partial charge in [0.15, 0.2) is 17.7 Å². The van der Waals surface area contributed by atoms with Crippen molar-refractivity contribution in [3.8, 4) is 0 Å². The lowest BCUT2D eigenvalue weighted by molar-refractivity contribution is -0.299. The normalized spacial score (nSPS) is 49.3. The maximum absolute atomic E-state index is 16.1. The van der Waals surface area contributed by atoms with Crippen LogP contribution in [0.3, 0.4) is 0 Å². The number of nitrogens with one attached hydrogen (secondary N) is 1. The molecule has 1 amide bonds. The van der Waals surface area contributed by atoms with E-state index in [9.17, 15) is 50.1 Å². The van der Waals surface area contributed by atoms with E-state index < -0.39 is 129 Å². The van der Waals surface area contributed by atoms with Gasteiger partial charge >= 0.3 is 5.97 Å². The van der Waals surface area contributed by atoms with Crippen molar-refractivity contribution in [3.05, 3.63) is 23.6 Å². The van der Waals surface area contributed by atoms with Gasteiger partial charge in [0.2, 0.25) is 0 Å². The SMILES string of the molecule is CC[C@H]1OC(=O)[C@H](C)[C@@H](O)[C@H](C)[C@@H](O[C@@H]2O[C@H](C)C[C@@H](N(C)C)[C@H]2O)[C@](C)(O)C[C@@H](C)CN(CCCNC(=O)[C@@]2(O)[C@H](C)CC3C4CC(F)=C5CC(=O)C=C[C@]5(C)[C@@]4(Cl)[C@@H](O)C[C@@]32C)[C@H](C)[C@@H](O)[C@]1(C)O. The molecule has 22 atom stereocenters. The van der Waals surface area contributed by atoms with Crippen LogP contribution in [0, 0.1) is 46.3 Å². The largest absolute Gasteiger partial charge is 0.459 e. The number of cyclic esters (lactones) is 1. The van der Waals surface area contributed by atoms with Crippen LogP contribution < -0.4 is 5.32 Å². The van der Waals surface area contributed by atoms with Gasteiger partial charge in [-0.3, -0.25) is 19.3 Å². The Hall–Kier alpha value is -2.13. The number of hydrogen-bond donors (Lipinski definition) is 8. The summed E-state index contributed by atoms with van der Waals surface area (Å²) in [4.78, 5) is 43.2. The van der Waals surface area contributed by atoms with E-state index in [0.29, 0.717) is 19.3 Å². The first kappa shape index (κ1) is 58.1. The number of alkyl halides is 1. The second kappa shape index (κ2) is 21.1. The fourth-order valence-electron chi connectivity index (χ4n) is 14.5. The maximum Gasteiger partial charge on any atom is 0.311 e. The molecular weight excluding hydrogens is 941 g/mol. The number of allylic oxidation sites excluding steroid dienone is 4. The third-order valence-corrected chi connectivity index (χ3v) is 19.7. The second-order valence-electron chi connectivity index (χ2n) is 24.1. The van der Waals surface area contributed by atoms with Crippen molar-refractivity contribution in [3.63, 3.8) is 0 Å². The van der Waals surface area contributed by atoms with Gasteiger partial charge in [0.05, 0.1) is 40.8 Å². The molecule has 2 aliphatic heterocycles. The van der Waals surface area contributed by atoms with E-state index in [0.717, 1.165) is 0 Å². The molecule has 4 fully saturated rings. The van der Waals surface area contributed by atoms with Crippen LogP contribution in [0.1, 0.15) is 128 Å². The molecule has 2 saturated carbocycles. The molecule has 0 aromatic heterocycles. The number of esters is 1. The fraction of sp³-hybridized carbons (Fsp3) is 0.868. The Balaban J connectivity index is 1.23. The van der Waals surface area contributed by atoms with Crippen molar-refractivity contribution in [2.45, 2.75) is 210 Å². The van der Waals surface area contributed by atoms with Crippen LogP contribution in [0.5, 0.6) is 0 Å². The molecule has 0 radical (unpaired) electrons. The predicted octanol–water partition coefficient (Wildman–Crippen LogP) is 3.77. The molecule has 8 N–H and O–H groups in total. The molecule has 0 spiro atoms. The molecular formula is C53H87ClFN3O13. The molecule has 4 aliphatic carbocycles. The predicted molar refractivity (Wildman–Crippen MR) is 264 cm³/mol. The molecule has 16 nitrogen and oxygen atoms in total. The average Bonchev–Trinajstić information content (AvgIpc) is 3.49. The van der Waals surface area contributed by atoms with E-state index in [1.54, 1.807) is 54.5 Å². The first-order chi connectivity index (χ1) is 32.8. The molecule has 6 aliphatic rings. The zero-order valence-electron chi connectivity index (χ0n) is 44.4. The van der Waals surface area contributed by atoms with Crippen molar-refractivity contribution in [1.29, 1.82) is 0 Å². The smallest absolute Gasteiger partial charge is 0.311 e. The third-order valence-electron chi connectivity index (χ3n) is 18.8. The third kappa shape index (κ3) is 10.1. The van der Waals surface area contributed by atoms with E-state index in [-0.39, 0.29) is 81.2 Å². The zero-order valence-corrected chi connectivity index (χ0v) is 45.2. The molecule has 2 saturated heterocycles. The van der Waals surface area contributed by atoms with Crippen molar-refractivity contribution in [1.82, 2.24) is 15.1 Å². The summed E-state index contributed by atoms with van der Waals surface area (Å²) >= 11 is 7.54. The molecule has 406 valence electrons. The lowest BCUT2D eigenvalue weighted by atomic mass is 9.46. The van der Waals surface area contributed by atoms with Gasteiger partial charge in [-0.15, -0.1) is 11.6 Å². The summed E-state index contributed by atoms with van der Waals surface area (Å²) in [5, 5.41) is 87.5. The molecule has 71 heavy (non-hydrogen) atoms. The minimum absolute atomic E-state index is 0.0381. The fourth-order valence-corrected chi connectivity index (χ4v) is 15.0. The number of rotatable bonds is 9. The Morgan fingerprint density at radius 1 is 0.972 bits per heavy atom. The number of hydrogen-bond acceptors (Lipinski definition) is 15. The van der Waals surface area contributed by atoms with Crippen molar-refractivity contribution in [2.75, 3.05) is 33.7 Å². The summed E-state index contributed by atoms with van der Waals surface area (Å²) in [6.07, 6.45) is -5.00. The van der Waals surface area contributed by atoms with Gasteiger partial charge in [-0.1, -0.05) is 47.6 Å². The minimum atomic E-state index is -1.97. The van der Waals surface area contributed by atoms with E-state index >= 15 is 4.39 Å². The van der Waals surface area contributed by atoms with Gasteiger partial charge in [0.1, 0.15) is 29.7 Å². The molecule has 18 heteroatoms. The van der Waals surface area contributed by atoms with E-state index in [2.05, 4.69) is 5.32 Å². The number of amides is 1. The number of fused-ring (bicyclic) bond motifs is 5. The summed E-state index contributed by atoms with van der Waals surface area (Å²) in [6, 6.07) is -1.11. The molecule has 2 heterocycles. The Labute approximate surface area is 425 Å². The highest BCUT2D eigenvalue weighted by molar-refractivity contribution is 6.26. The Kier molecular flexibility index (Phi) is 17.3. The standard InChI is InChI=1S/C53H87ClFN3O13/c1-14-40-51(11,67)43(63)32(7)58(26-27(2)24-50(10,66)44(30(5)41(61)31(6)45(64)70-40)71-46-42(62)38(57(12)13)21-29(4)69-46)19-15-18-56-47(65)53(68)28(3)20-34-35-23-37(55)36-22-33(59)16-17-48(36,8)52(35,54)39(60)25-49(34,53)9/h16-17,27-32,34-35,38-44,46,60-63,66-68H,14-15,18-26H2,1-13H3,(H,56,65)/t27-,28-,29-,30+,31-,32-,34?,35?,38-,39+,40-,41+,42-,43-,44-,46+,48+,49+,50-,51-,52+,53+/m1/s1. The Bertz CT molecular complexity index is 2030. The summed E-state index contributed by atoms with van der Waals surface area (Å²) in [6.45, 7) is 19.3. The number of likely N-dealkylation sites (N-methyl/N-ethyl adjacent to an activating group) is 1.